The molecule has 1 fully saturated rings. The molecule has 0 saturated heterocycles. The molecule has 1 aliphatic carbocycles. The van der Waals surface area contributed by atoms with E-state index in [4.69, 9.17) is 10.5 Å². The van der Waals surface area contributed by atoms with E-state index in [0.29, 0.717) is 11.3 Å². The average Bonchev–Trinajstić information content (AvgIpc) is 2.86. The summed E-state index contributed by atoms with van der Waals surface area (Å²) in [5.41, 5.74) is 1.07. The normalized spacial score (nSPS) is 21.2. The summed E-state index contributed by atoms with van der Waals surface area (Å²) >= 11 is 0. The zero-order valence-corrected chi connectivity index (χ0v) is 10.4. The molecule has 2 amide bonds. The van der Waals surface area contributed by atoms with Crippen molar-refractivity contribution in [2.45, 2.75) is 25.3 Å². The van der Waals surface area contributed by atoms with Gasteiger partial charge < -0.3 is 10.6 Å². The molecule has 0 aromatic heterocycles. The van der Waals surface area contributed by atoms with E-state index in [0.717, 1.165) is 19.3 Å². The second-order valence-electron chi connectivity index (χ2n) is 4.56. The molecule has 1 aromatic rings. The largest absolute Gasteiger partial charge is 0.334 e. The first-order chi connectivity index (χ1) is 9.22. The maximum Gasteiger partial charge on any atom is 0.319 e. The number of benzene rings is 1. The lowest BCUT2D eigenvalue weighted by atomic mass is 10.1. The van der Waals surface area contributed by atoms with Crippen LogP contribution in [0.5, 0.6) is 0 Å². The van der Waals surface area contributed by atoms with Crippen molar-refractivity contribution in [3.05, 3.63) is 29.8 Å². The maximum absolute atomic E-state index is 11.8. The molecule has 96 valence electrons. The first-order valence-corrected chi connectivity index (χ1v) is 6.20. The molecule has 5 heteroatoms. The summed E-state index contributed by atoms with van der Waals surface area (Å²) in [6, 6.07) is 10.5. The maximum atomic E-state index is 11.8. The molecule has 2 rings (SSSR count). The van der Waals surface area contributed by atoms with Gasteiger partial charge in [0.1, 0.15) is 0 Å². The van der Waals surface area contributed by atoms with Gasteiger partial charge in [-0.2, -0.15) is 10.5 Å². The van der Waals surface area contributed by atoms with Gasteiger partial charge in [-0.1, -0.05) is 6.07 Å². The van der Waals surface area contributed by atoms with Crippen molar-refractivity contribution in [2.24, 2.45) is 5.92 Å². The van der Waals surface area contributed by atoms with Gasteiger partial charge in [0, 0.05) is 11.7 Å². The van der Waals surface area contributed by atoms with Crippen LogP contribution in [0.2, 0.25) is 0 Å². The first kappa shape index (κ1) is 12.9. The second kappa shape index (κ2) is 5.88. The minimum Gasteiger partial charge on any atom is -0.334 e. The molecule has 0 spiro atoms. The minimum atomic E-state index is -0.331. The molecule has 2 atom stereocenters. The van der Waals surface area contributed by atoms with Crippen molar-refractivity contribution in [3.63, 3.8) is 0 Å². The van der Waals surface area contributed by atoms with Crippen molar-refractivity contribution < 1.29 is 4.79 Å². The summed E-state index contributed by atoms with van der Waals surface area (Å²) < 4.78 is 0. The third-order valence-electron chi connectivity index (χ3n) is 3.25. The second-order valence-corrected chi connectivity index (χ2v) is 4.56. The molecule has 1 aliphatic rings. The topological polar surface area (TPSA) is 88.7 Å². The quantitative estimate of drug-likeness (QED) is 0.849. The number of rotatable bonds is 2. The van der Waals surface area contributed by atoms with Gasteiger partial charge >= 0.3 is 6.03 Å². The van der Waals surface area contributed by atoms with Crippen LogP contribution in [-0.4, -0.2) is 12.1 Å². The molecule has 0 heterocycles. The van der Waals surface area contributed by atoms with Crippen molar-refractivity contribution in [1.82, 2.24) is 5.32 Å². The molecule has 2 unspecified atom stereocenters. The molecule has 5 nitrogen and oxygen atoms in total. The Bertz CT molecular complexity index is 555. The van der Waals surface area contributed by atoms with Gasteiger partial charge in [-0.15, -0.1) is 0 Å². The molecule has 1 saturated carbocycles. The molecular formula is C14H14N4O. The SMILES string of the molecule is N#Cc1cccc(NC(=O)NC2CCCC2C#N)c1. The average molecular weight is 254 g/mol. The number of nitrogens with zero attached hydrogens (tertiary/aromatic N) is 2. The summed E-state index contributed by atoms with van der Waals surface area (Å²) in [6.45, 7) is 0. The zero-order chi connectivity index (χ0) is 13.7. The van der Waals surface area contributed by atoms with Crippen LogP contribution in [0.25, 0.3) is 0 Å². The summed E-state index contributed by atoms with van der Waals surface area (Å²) in [7, 11) is 0. The van der Waals surface area contributed by atoms with E-state index in [-0.39, 0.29) is 18.0 Å². The molecule has 0 bridgehead atoms. The summed E-state index contributed by atoms with van der Waals surface area (Å²) in [5.74, 6) is -0.101. The highest BCUT2D eigenvalue weighted by Gasteiger charge is 2.28. The predicted octanol–water partition coefficient (Wildman–Crippen LogP) is 2.37. The van der Waals surface area contributed by atoms with Crippen LogP contribution in [0.1, 0.15) is 24.8 Å². The summed E-state index contributed by atoms with van der Waals surface area (Å²) in [5, 5.41) is 23.2. The van der Waals surface area contributed by atoms with Gasteiger partial charge in [-0.05, 0) is 37.5 Å². The molecule has 19 heavy (non-hydrogen) atoms. The highest BCUT2D eigenvalue weighted by Crippen LogP contribution is 2.24. The fourth-order valence-electron chi connectivity index (χ4n) is 2.29. The fourth-order valence-corrected chi connectivity index (χ4v) is 2.29. The van der Waals surface area contributed by atoms with E-state index in [1.54, 1.807) is 24.3 Å². The predicted molar refractivity (Wildman–Crippen MR) is 70.1 cm³/mol. The molecular weight excluding hydrogens is 240 g/mol. The lowest BCUT2D eigenvalue weighted by Crippen LogP contribution is -2.39. The number of nitrogens with one attached hydrogen (secondary N) is 2. The van der Waals surface area contributed by atoms with Crippen molar-refractivity contribution >= 4 is 11.7 Å². The summed E-state index contributed by atoms with van der Waals surface area (Å²) in [4.78, 5) is 11.8. The van der Waals surface area contributed by atoms with Gasteiger partial charge in [0.2, 0.25) is 0 Å². The Labute approximate surface area is 111 Å². The number of anilines is 1. The number of hydrogen-bond donors (Lipinski definition) is 2. The fraction of sp³-hybridized carbons (Fsp3) is 0.357. The van der Waals surface area contributed by atoms with Crippen LogP contribution in [0, 0.1) is 28.6 Å². The van der Waals surface area contributed by atoms with Crippen LogP contribution >= 0.6 is 0 Å². The van der Waals surface area contributed by atoms with Crippen LogP contribution < -0.4 is 10.6 Å². The van der Waals surface area contributed by atoms with Crippen LogP contribution in [0.15, 0.2) is 24.3 Å². The summed E-state index contributed by atoms with van der Waals surface area (Å²) in [6.07, 6.45) is 2.64. The van der Waals surface area contributed by atoms with E-state index in [1.165, 1.54) is 0 Å². The standard InChI is InChI=1S/C14H14N4O/c15-8-10-3-1-5-12(7-10)17-14(19)18-13-6-2-4-11(13)9-16/h1,3,5,7,11,13H,2,4,6H2,(H2,17,18,19). The Balaban J connectivity index is 1.94. The van der Waals surface area contributed by atoms with E-state index in [2.05, 4.69) is 16.7 Å². The lowest BCUT2D eigenvalue weighted by Gasteiger charge is -2.16. The highest BCUT2D eigenvalue weighted by atomic mass is 16.2. The number of amides is 2. The van der Waals surface area contributed by atoms with Gasteiger partial charge in [-0.3, -0.25) is 0 Å². The lowest BCUT2D eigenvalue weighted by molar-refractivity contribution is 0.247. The monoisotopic (exact) mass is 254 g/mol. The van der Waals surface area contributed by atoms with Crippen molar-refractivity contribution in [3.8, 4) is 12.1 Å². The van der Waals surface area contributed by atoms with E-state index in [9.17, 15) is 4.79 Å². The minimum absolute atomic E-state index is 0.0795. The van der Waals surface area contributed by atoms with Gasteiger partial charge in [0.25, 0.3) is 0 Å². The van der Waals surface area contributed by atoms with Crippen LogP contribution in [0.3, 0.4) is 0 Å². The number of urea groups is 1. The van der Waals surface area contributed by atoms with E-state index >= 15 is 0 Å². The Kier molecular flexibility index (Phi) is 4.00. The highest BCUT2D eigenvalue weighted by molar-refractivity contribution is 5.89. The molecule has 2 N–H and O–H groups in total. The van der Waals surface area contributed by atoms with Gasteiger partial charge in [0.15, 0.2) is 0 Å². The van der Waals surface area contributed by atoms with Gasteiger partial charge in [-0.25, -0.2) is 4.79 Å². The Morgan fingerprint density at radius 3 is 2.89 bits per heavy atom. The van der Waals surface area contributed by atoms with Crippen molar-refractivity contribution in [1.29, 1.82) is 10.5 Å². The Morgan fingerprint density at radius 1 is 1.32 bits per heavy atom. The van der Waals surface area contributed by atoms with E-state index < -0.39 is 0 Å². The number of nitriles is 2. The van der Waals surface area contributed by atoms with Crippen molar-refractivity contribution in [2.75, 3.05) is 5.32 Å². The van der Waals surface area contributed by atoms with Crippen LogP contribution in [-0.2, 0) is 0 Å². The smallest absolute Gasteiger partial charge is 0.319 e. The first-order valence-electron chi connectivity index (χ1n) is 6.20. The Morgan fingerprint density at radius 2 is 2.16 bits per heavy atom. The molecule has 0 aliphatic heterocycles. The number of hydrogen-bond acceptors (Lipinski definition) is 3. The Hall–Kier alpha value is -2.53. The van der Waals surface area contributed by atoms with E-state index in [1.807, 2.05) is 6.07 Å². The molecule has 0 radical (unpaired) electrons. The molecule has 1 aromatic carbocycles. The van der Waals surface area contributed by atoms with Gasteiger partial charge in [0.05, 0.1) is 23.6 Å². The number of carbonyl (C=O) groups is 1. The third kappa shape index (κ3) is 3.23. The third-order valence-corrected chi connectivity index (χ3v) is 3.25. The zero-order valence-electron chi connectivity index (χ0n) is 10.4. The number of carbonyl (C=O) groups excluding carboxylic acids is 1. The van der Waals surface area contributed by atoms with Crippen LogP contribution in [0.4, 0.5) is 10.5 Å².